The lowest BCUT2D eigenvalue weighted by Crippen LogP contribution is -2.36. The number of aryl methyl sites for hydroxylation is 1. The summed E-state index contributed by atoms with van der Waals surface area (Å²) in [5.41, 5.74) is 1.09. The van der Waals surface area contributed by atoms with Crippen molar-refractivity contribution in [3.63, 3.8) is 0 Å². The Labute approximate surface area is 100 Å². The second-order valence-electron chi connectivity index (χ2n) is 4.24. The molecule has 1 aliphatic rings. The summed E-state index contributed by atoms with van der Waals surface area (Å²) in [7, 11) is -2.97. The highest BCUT2D eigenvalue weighted by Gasteiger charge is 2.29. The summed E-state index contributed by atoms with van der Waals surface area (Å²) >= 11 is 0. The van der Waals surface area contributed by atoms with Crippen molar-refractivity contribution in [2.24, 2.45) is 0 Å². The fourth-order valence-corrected chi connectivity index (χ4v) is 3.51. The molecule has 6 heteroatoms. The van der Waals surface area contributed by atoms with E-state index in [1.54, 1.807) is 25.1 Å². The standard InChI is InChI=1S/C11H14N2O3S/c1-8-3-2-4-10(12-8)11(14)13-9-5-6-17(15,16)7-9/h2-4,9H,5-7H2,1H3,(H,13,14). The van der Waals surface area contributed by atoms with Crippen molar-refractivity contribution < 1.29 is 13.2 Å². The Morgan fingerprint density at radius 3 is 2.82 bits per heavy atom. The molecule has 0 spiro atoms. The SMILES string of the molecule is Cc1cccc(C(=O)NC2CCS(=O)(=O)C2)n1. The van der Waals surface area contributed by atoms with Crippen LogP contribution in [0.5, 0.6) is 0 Å². The molecule has 0 bridgehead atoms. The number of carbonyl (C=O) groups excluding carboxylic acids is 1. The van der Waals surface area contributed by atoms with E-state index in [4.69, 9.17) is 0 Å². The first-order chi connectivity index (χ1) is 7.96. The van der Waals surface area contributed by atoms with Crippen LogP contribution in [0.3, 0.4) is 0 Å². The second-order valence-corrected chi connectivity index (χ2v) is 6.47. The van der Waals surface area contributed by atoms with Crippen LogP contribution in [0.25, 0.3) is 0 Å². The molecule has 0 aromatic carbocycles. The third kappa shape index (κ3) is 3.03. The molecule has 5 nitrogen and oxygen atoms in total. The first kappa shape index (κ1) is 12.0. The quantitative estimate of drug-likeness (QED) is 0.824. The van der Waals surface area contributed by atoms with Gasteiger partial charge in [0.25, 0.3) is 5.91 Å². The molecule has 0 saturated carbocycles. The van der Waals surface area contributed by atoms with Gasteiger partial charge in [0.2, 0.25) is 0 Å². The van der Waals surface area contributed by atoms with Gasteiger partial charge in [0.05, 0.1) is 11.5 Å². The Morgan fingerprint density at radius 1 is 1.47 bits per heavy atom. The van der Waals surface area contributed by atoms with Crippen molar-refractivity contribution in [1.29, 1.82) is 0 Å². The molecule has 1 aromatic heterocycles. The molecule has 17 heavy (non-hydrogen) atoms. The molecule has 2 heterocycles. The van der Waals surface area contributed by atoms with Crippen molar-refractivity contribution in [2.45, 2.75) is 19.4 Å². The minimum Gasteiger partial charge on any atom is -0.347 e. The Morgan fingerprint density at radius 2 is 2.24 bits per heavy atom. The number of amides is 1. The van der Waals surface area contributed by atoms with Gasteiger partial charge in [-0.15, -0.1) is 0 Å². The van der Waals surface area contributed by atoms with Crippen molar-refractivity contribution >= 4 is 15.7 Å². The number of hydrogen-bond donors (Lipinski definition) is 1. The molecular formula is C11H14N2O3S. The minimum absolute atomic E-state index is 0.0323. The Hall–Kier alpha value is -1.43. The Kier molecular flexibility index (Phi) is 3.15. The molecule has 1 saturated heterocycles. The molecule has 1 N–H and O–H groups in total. The predicted octanol–water partition coefficient (Wildman–Crippen LogP) is 0.307. The molecule has 1 fully saturated rings. The van der Waals surface area contributed by atoms with Gasteiger partial charge in [0.1, 0.15) is 5.69 Å². The number of rotatable bonds is 2. The zero-order valence-electron chi connectivity index (χ0n) is 9.51. The maximum Gasteiger partial charge on any atom is 0.270 e. The highest BCUT2D eigenvalue weighted by Crippen LogP contribution is 2.11. The summed E-state index contributed by atoms with van der Waals surface area (Å²) < 4.78 is 22.5. The Balaban J connectivity index is 2.03. The Bertz CT molecular complexity index is 539. The summed E-state index contributed by atoms with van der Waals surface area (Å²) in [6.07, 6.45) is 0.486. The van der Waals surface area contributed by atoms with Crippen LogP contribution >= 0.6 is 0 Å². The molecule has 92 valence electrons. The summed E-state index contributed by atoms with van der Waals surface area (Å²) in [4.78, 5) is 15.9. The van der Waals surface area contributed by atoms with Gasteiger partial charge in [-0.2, -0.15) is 0 Å². The van der Waals surface area contributed by atoms with Crippen LogP contribution in [0.1, 0.15) is 22.6 Å². The number of sulfone groups is 1. The van der Waals surface area contributed by atoms with Gasteiger partial charge in [0, 0.05) is 11.7 Å². The van der Waals surface area contributed by atoms with E-state index in [1.807, 2.05) is 0 Å². The zero-order chi connectivity index (χ0) is 12.5. The van der Waals surface area contributed by atoms with E-state index in [0.29, 0.717) is 12.1 Å². The van der Waals surface area contributed by atoms with Crippen molar-refractivity contribution in [3.8, 4) is 0 Å². The normalized spacial score (nSPS) is 22.3. The molecule has 1 atom stereocenters. The van der Waals surface area contributed by atoms with Crippen LogP contribution in [0.15, 0.2) is 18.2 Å². The van der Waals surface area contributed by atoms with Gasteiger partial charge in [0.15, 0.2) is 9.84 Å². The number of nitrogens with zero attached hydrogens (tertiary/aromatic N) is 1. The number of carbonyl (C=O) groups is 1. The number of aromatic nitrogens is 1. The molecule has 1 aromatic rings. The van der Waals surface area contributed by atoms with Gasteiger partial charge in [-0.3, -0.25) is 4.79 Å². The molecule has 0 aliphatic carbocycles. The first-order valence-corrected chi connectivity index (χ1v) is 7.23. The third-order valence-electron chi connectivity index (χ3n) is 2.69. The summed E-state index contributed by atoms with van der Waals surface area (Å²) in [6.45, 7) is 1.80. The second kappa shape index (κ2) is 4.44. The van der Waals surface area contributed by atoms with Gasteiger partial charge in [-0.05, 0) is 25.5 Å². The van der Waals surface area contributed by atoms with Crippen molar-refractivity contribution in [2.75, 3.05) is 11.5 Å². The van der Waals surface area contributed by atoms with E-state index >= 15 is 0 Å². The summed E-state index contributed by atoms with van der Waals surface area (Å²) in [6, 6.07) is 4.89. The van der Waals surface area contributed by atoms with E-state index < -0.39 is 9.84 Å². The molecule has 1 amide bonds. The van der Waals surface area contributed by atoms with Crippen LogP contribution in [-0.2, 0) is 9.84 Å². The van der Waals surface area contributed by atoms with Crippen LogP contribution in [0.2, 0.25) is 0 Å². The molecule has 0 radical (unpaired) electrons. The van der Waals surface area contributed by atoms with E-state index in [9.17, 15) is 13.2 Å². The average molecular weight is 254 g/mol. The van der Waals surface area contributed by atoms with Crippen LogP contribution in [0, 0.1) is 6.92 Å². The fourth-order valence-electron chi connectivity index (χ4n) is 1.84. The smallest absolute Gasteiger partial charge is 0.270 e. The third-order valence-corrected chi connectivity index (χ3v) is 4.46. The summed E-state index contributed by atoms with van der Waals surface area (Å²) in [5.74, 6) is -0.125. The zero-order valence-corrected chi connectivity index (χ0v) is 10.3. The van der Waals surface area contributed by atoms with Crippen LogP contribution < -0.4 is 5.32 Å². The lowest BCUT2D eigenvalue weighted by atomic mass is 10.2. The van der Waals surface area contributed by atoms with Gasteiger partial charge in [-0.1, -0.05) is 6.07 Å². The number of pyridine rings is 1. The molecular weight excluding hydrogens is 240 g/mol. The van der Waals surface area contributed by atoms with Gasteiger partial charge in [-0.25, -0.2) is 13.4 Å². The lowest BCUT2D eigenvalue weighted by Gasteiger charge is -2.10. The van der Waals surface area contributed by atoms with Crippen LogP contribution in [-0.4, -0.2) is 36.9 Å². The average Bonchev–Trinajstić information content (AvgIpc) is 2.58. The minimum atomic E-state index is -2.97. The highest BCUT2D eigenvalue weighted by atomic mass is 32.2. The molecule has 1 aliphatic heterocycles. The fraction of sp³-hybridized carbons (Fsp3) is 0.455. The van der Waals surface area contributed by atoms with Gasteiger partial charge < -0.3 is 5.32 Å². The largest absolute Gasteiger partial charge is 0.347 e. The monoisotopic (exact) mass is 254 g/mol. The highest BCUT2D eigenvalue weighted by molar-refractivity contribution is 7.91. The number of hydrogen-bond acceptors (Lipinski definition) is 4. The van der Waals surface area contributed by atoms with Crippen LogP contribution in [0.4, 0.5) is 0 Å². The maximum atomic E-state index is 11.8. The van der Waals surface area contributed by atoms with Crippen molar-refractivity contribution in [3.05, 3.63) is 29.6 Å². The number of nitrogens with one attached hydrogen (secondary N) is 1. The van der Waals surface area contributed by atoms with E-state index in [0.717, 1.165) is 5.69 Å². The molecule has 2 rings (SSSR count). The van der Waals surface area contributed by atoms with E-state index in [1.165, 1.54) is 0 Å². The van der Waals surface area contributed by atoms with E-state index in [2.05, 4.69) is 10.3 Å². The maximum absolute atomic E-state index is 11.8. The van der Waals surface area contributed by atoms with E-state index in [-0.39, 0.29) is 23.5 Å². The first-order valence-electron chi connectivity index (χ1n) is 5.41. The predicted molar refractivity (Wildman–Crippen MR) is 63.5 cm³/mol. The molecule has 1 unspecified atom stereocenters. The summed E-state index contributed by atoms with van der Waals surface area (Å²) in [5, 5.41) is 2.70. The van der Waals surface area contributed by atoms with Gasteiger partial charge >= 0.3 is 0 Å². The topological polar surface area (TPSA) is 76.1 Å². The lowest BCUT2D eigenvalue weighted by molar-refractivity contribution is 0.0936. The van der Waals surface area contributed by atoms with Crippen molar-refractivity contribution in [1.82, 2.24) is 10.3 Å².